The van der Waals surface area contributed by atoms with Crippen LogP contribution in [0.4, 0.5) is 0 Å². The maximum Gasteiger partial charge on any atom is 0.240 e. The van der Waals surface area contributed by atoms with E-state index in [1.165, 1.54) is 12.1 Å². The van der Waals surface area contributed by atoms with Gasteiger partial charge in [0.05, 0.1) is 4.90 Å². The van der Waals surface area contributed by atoms with Gasteiger partial charge in [0.2, 0.25) is 10.0 Å². The van der Waals surface area contributed by atoms with Gasteiger partial charge in [0.1, 0.15) is 0 Å². The van der Waals surface area contributed by atoms with Crippen molar-refractivity contribution in [1.82, 2.24) is 14.5 Å². The second-order valence-electron chi connectivity index (χ2n) is 8.22. The van der Waals surface area contributed by atoms with Gasteiger partial charge in [-0.2, -0.15) is 0 Å². The van der Waals surface area contributed by atoms with E-state index < -0.39 is 10.0 Å². The lowest BCUT2D eigenvalue weighted by Crippen LogP contribution is -2.58. The van der Waals surface area contributed by atoms with Crippen molar-refractivity contribution in [2.75, 3.05) is 39.3 Å². The molecular weight excluding hydrogens is 362 g/mol. The summed E-state index contributed by atoms with van der Waals surface area (Å²) in [4.78, 5) is 17.0. The smallest absolute Gasteiger partial charge is 0.240 e. The van der Waals surface area contributed by atoms with Crippen LogP contribution in [0.15, 0.2) is 29.2 Å². The SMILES string of the molecule is CCN1CCN(C(C)(C)CNS(=O)(=O)c2ccc(C(=O)C3CC3)cc2)CC1. The lowest BCUT2D eigenvalue weighted by molar-refractivity contribution is 0.0571. The van der Waals surface area contributed by atoms with Crippen LogP contribution in [0.1, 0.15) is 44.0 Å². The van der Waals surface area contributed by atoms with E-state index in [2.05, 4.69) is 35.3 Å². The number of sulfonamides is 1. The minimum Gasteiger partial charge on any atom is -0.301 e. The van der Waals surface area contributed by atoms with Gasteiger partial charge in [-0.15, -0.1) is 0 Å². The van der Waals surface area contributed by atoms with Gasteiger partial charge < -0.3 is 4.90 Å². The Labute approximate surface area is 163 Å². The number of hydrogen-bond acceptors (Lipinski definition) is 5. The molecule has 0 unspecified atom stereocenters. The monoisotopic (exact) mass is 393 g/mol. The number of carbonyl (C=O) groups is 1. The summed E-state index contributed by atoms with van der Waals surface area (Å²) in [7, 11) is -3.59. The third kappa shape index (κ3) is 4.96. The molecule has 3 rings (SSSR count). The quantitative estimate of drug-likeness (QED) is 0.684. The molecule has 0 spiro atoms. The molecule has 1 heterocycles. The number of likely N-dealkylation sites (N-methyl/N-ethyl adjacent to an activating group) is 1. The molecule has 150 valence electrons. The van der Waals surface area contributed by atoms with Crippen LogP contribution in [-0.4, -0.2) is 68.8 Å². The first-order valence-corrected chi connectivity index (χ1v) is 11.3. The van der Waals surface area contributed by atoms with Crippen LogP contribution < -0.4 is 4.72 Å². The van der Waals surface area contributed by atoms with Crippen LogP contribution in [0.5, 0.6) is 0 Å². The van der Waals surface area contributed by atoms with E-state index in [1.54, 1.807) is 12.1 Å². The summed E-state index contributed by atoms with van der Waals surface area (Å²) in [6.45, 7) is 11.7. The molecule has 1 aliphatic carbocycles. The highest BCUT2D eigenvalue weighted by molar-refractivity contribution is 7.89. The number of hydrogen-bond donors (Lipinski definition) is 1. The molecule has 0 radical (unpaired) electrons. The summed E-state index contributed by atoms with van der Waals surface area (Å²) in [6, 6.07) is 6.32. The van der Waals surface area contributed by atoms with Crippen molar-refractivity contribution in [3.63, 3.8) is 0 Å². The summed E-state index contributed by atoms with van der Waals surface area (Å²) < 4.78 is 28.1. The Kier molecular flexibility index (Phi) is 6.05. The molecule has 0 amide bonds. The number of nitrogens with zero attached hydrogens (tertiary/aromatic N) is 2. The van der Waals surface area contributed by atoms with Crippen molar-refractivity contribution in [2.24, 2.45) is 5.92 Å². The molecule has 0 aromatic heterocycles. The number of carbonyl (C=O) groups excluding carboxylic acids is 1. The molecule has 7 heteroatoms. The highest BCUT2D eigenvalue weighted by Crippen LogP contribution is 2.32. The van der Waals surface area contributed by atoms with Gasteiger partial charge in [0.25, 0.3) is 0 Å². The fourth-order valence-corrected chi connectivity index (χ4v) is 4.72. The molecule has 1 N–H and O–H groups in total. The average molecular weight is 394 g/mol. The Morgan fingerprint density at radius 3 is 2.22 bits per heavy atom. The molecule has 6 nitrogen and oxygen atoms in total. The first-order chi connectivity index (χ1) is 12.7. The first kappa shape index (κ1) is 20.5. The van der Waals surface area contributed by atoms with E-state index in [9.17, 15) is 13.2 Å². The van der Waals surface area contributed by atoms with Gasteiger partial charge >= 0.3 is 0 Å². The van der Waals surface area contributed by atoms with Gasteiger partial charge in [0.15, 0.2) is 5.78 Å². The molecule has 1 aromatic rings. The second kappa shape index (κ2) is 7.99. The third-order valence-electron chi connectivity index (χ3n) is 5.77. The molecule has 0 bridgehead atoms. The van der Waals surface area contributed by atoms with Crippen LogP contribution in [-0.2, 0) is 10.0 Å². The number of benzene rings is 1. The van der Waals surface area contributed by atoms with E-state index in [4.69, 9.17) is 0 Å². The van der Waals surface area contributed by atoms with Gasteiger partial charge in [-0.05, 0) is 45.4 Å². The number of nitrogens with one attached hydrogen (secondary N) is 1. The summed E-state index contributed by atoms with van der Waals surface area (Å²) in [5.74, 6) is 0.263. The van der Waals surface area contributed by atoms with Gasteiger partial charge in [-0.3, -0.25) is 9.69 Å². The standard InChI is InChI=1S/C20H31N3O3S/c1-4-22-11-13-23(14-12-22)20(2,3)15-21-27(25,26)18-9-7-17(8-10-18)19(24)16-5-6-16/h7-10,16,21H,4-6,11-15H2,1-3H3. The molecule has 2 aliphatic rings. The maximum atomic E-state index is 12.7. The molecule has 1 saturated heterocycles. The predicted octanol–water partition coefficient (Wildman–Crippen LogP) is 1.97. The Morgan fingerprint density at radius 2 is 1.70 bits per heavy atom. The number of Topliss-reactive ketones (excluding diaryl/α,β-unsaturated/α-hetero) is 1. The first-order valence-electron chi connectivity index (χ1n) is 9.84. The van der Waals surface area contributed by atoms with Crippen LogP contribution in [0.25, 0.3) is 0 Å². The van der Waals surface area contributed by atoms with Crippen LogP contribution in [0.2, 0.25) is 0 Å². The molecule has 1 aromatic carbocycles. The summed E-state index contributed by atoms with van der Waals surface area (Å²) >= 11 is 0. The normalized spacial score (nSPS) is 20.0. The minimum absolute atomic E-state index is 0.124. The fourth-order valence-electron chi connectivity index (χ4n) is 3.52. The molecule has 0 atom stereocenters. The van der Waals surface area contributed by atoms with Gasteiger partial charge in [-0.1, -0.05) is 19.1 Å². The van der Waals surface area contributed by atoms with Crippen molar-refractivity contribution < 1.29 is 13.2 Å². The number of rotatable bonds is 8. The lowest BCUT2D eigenvalue weighted by atomic mass is 10.0. The van der Waals surface area contributed by atoms with E-state index in [1.807, 2.05) is 0 Å². The van der Waals surface area contributed by atoms with Gasteiger partial charge in [-0.25, -0.2) is 13.1 Å². The summed E-state index contributed by atoms with van der Waals surface area (Å²) in [5, 5.41) is 0. The highest BCUT2D eigenvalue weighted by Gasteiger charge is 2.32. The largest absolute Gasteiger partial charge is 0.301 e. The van der Waals surface area contributed by atoms with Crippen LogP contribution >= 0.6 is 0 Å². The van der Waals surface area contributed by atoms with E-state index in [-0.39, 0.29) is 22.1 Å². The topological polar surface area (TPSA) is 69.7 Å². The van der Waals surface area contributed by atoms with Crippen LogP contribution in [0.3, 0.4) is 0 Å². The molecule has 1 saturated carbocycles. The zero-order valence-corrected chi connectivity index (χ0v) is 17.4. The van der Waals surface area contributed by atoms with Crippen molar-refractivity contribution in [3.05, 3.63) is 29.8 Å². The van der Waals surface area contributed by atoms with Crippen molar-refractivity contribution in [1.29, 1.82) is 0 Å². The minimum atomic E-state index is -3.59. The Bertz CT molecular complexity index is 762. The molecule has 1 aliphatic heterocycles. The maximum absolute atomic E-state index is 12.7. The third-order valence-corrected chi connectivity index (χ3v) is 7.18. The Balaban J connectivity index is 1.59. The Hall–Kier alpha value is -1.28. The summed E-state index contributed by atoms with van der Waals surface area (Å²) in [6.07, 6.45) is 1.89. The van der Waals surface area contributed by atoms with E-state index in [0.29, 0.717) is 12.1 Å². The zero-order valence-electron chi connectivity index (χ0n) is 16.6. The molecule has 2 fully saturated rings. The van der Waals surface area contributed by atoms with Crippen molar-refractivity contribution in [3.8, 4) is 0 Å². The Morgan fingerprint density at radius 1 is 1.11 bits per heavy atom. The van der Waals surface area contributed by atoms with E-state index in [0.717, 1.165) is 45.6 Å². The average Bonchev–Trinajstić information content (AvgIpc) is 3.51. The molecule has 27 heavy (non-hydrogen) atoms. The predicted molar refractivity (Wildman–Crippen MR) is 106 cm³/mol. The van der Waals surface area contributed by atoms with E-state index >= 15 is 0 Å². The summed E-state index contributed by atoms with van der Waals surface area (Å²) in [5.41, 5.74) is 0.347. The highest BCUT2D eigenvalue weighted by atomic mass is 32.2. The van der Waals surface area contributed by atoms with Crippen LogP contribution in [0, 0.1) is 5.92 Å². The zero-order chi connectivity index (χ0) is 19.7. The van der Waals surface area contributed by atoms with Gasteiger partial charge in [0, 0.05) is 49.7 Å². The number of ketones is 1. The van der Waals surface area contributed by atoms with Crippen molar-refractivity contribution >= 4 is 15.8 Å². The number of piperazine rings is 1. The fraction of sp³-hybridized carbons (Fsp3) is 0.650. The lowest BCUT2D eigenvalue weighted by Gasteiger charge is -2.44. The second-order valence-corrected chi connectivity index (χ2v) is 9.99. The molecular formula is C20H31N3O3S. The van der Waals surface area contributed by atoms with Crippen molar-refractivity contribution in [2.45, 2.75) is 44.0 Å².